The molecule has 7 heteroatoms. The number of carbonyl (C=O) groups excluding carboxylic acids is 2. The number of benzene rings is 1. The van der Waals surface area contributed by atoms with E-state index < -0.39 is 5.91 Å². The van der Waals surface area contributed by atoms with Crippen LogP contribution in [-0.2, 0) is 9.59 Å². The average molecular weight is 405 g/mol. The normalized spacial score (nSPS) is 23.0. The molecule has 160 valence electrons. The van der Waals surface area contributed by atoms with Gasteiger partial charge in [-0.3, -0.25) is 14.5 Å². The lowest BCUT2D eigenvalue weighted by Crippen LogP contribution is -2.47. The van der Waals surface area contributed by atoms with Crippen molar-refractivity contribution in [2.45, 2.75) is 51.0 Å². The van der Waals surface area contributed by atoms with Gasteiger partial charge in [0.15, 0.2) is 0 Å². The van der Waals surface area contributed by atoms with E-state index in [1.807, 2.05) is 6.07 Å². The highest BCUT2D eigenvalue weighted by molar-refractivity contribution is 5.82. The van der Waals surface area contributed by atoms with Crippen molar-refractivity contribution >= 4 is 17.5 Å². The van der Waals surface area contributed by atoms with Gasteiger partial charge < -0.3 is 16.0 Å². The maximum atomic E-state index is 13.4. The zero-order valence-corrected chi connectivity index (χ0v) is 17.1. The summed E-state index contributed by atoms with van der Waals surface area (Å²) in [5, 5.41) is 3.04. The SMILES string of the molecule is NC(=O)CCC(=O)N[C@H]1CC[C@H](CCN2CCN(c3cccc(F)c3)CC2)CC1. The molecule has 0 aromatic heterocycles. The van der Waals surface area contributed by atoms with Gasteiger partial charge in [-0.2, -0.15) is 0 Å². The molecule has 1 heterocycles. The van der Waals surface area contributed by atoms with Gasteiger partial charge in [-0.25, -0.2) is 4.39 Å². The largest absolute Gasteiger partial charge is 0.370 e. The van der Waals surface area contributed by atoms with E-state index in [-0.39, 0.29) is 30.6 Å². The molecule has 0 radical (unpaired) electrons. The molecular weight excluding hydrogens is 371 g/mol. The van der Waals surface area contributed by atoms with Gasteiger partial charge in [-0.15, -0.1) is 0 Å². The Morgan fingerprint density at radius 2 is 1.79 bits per heavy atom. The third-order valence-electron chi connectivity index (χ3n) is 6.21. The Kier molecular flexibility index (Phi) is 7.86. The number of primary amides is 1. The summed E-state index contributed by atoms with van der Waals surface area (Å²) in [7, 11) is 0. The van der Waals surface area contributed by atoms with Crippen molar-refractivity contribution in [3.63, 3.8) is 0 Å². The highest BCUT2D eigenvalue weighted by Crippen LogP contribution is 2.27. The molecule has 6 nitrogen and oxygen atoms in total. The molecule has 0 spiro atoms. The van der Waals surface area contributed by atoms with Crippen molar-refractivity contribution in [1.29, 1.82) is 0 Å². The predicted molar refractivity (Wildman–Crippen MR) is 112 cm³/mol. The second kappa shape index (κ2) is 10.6. The summed E-state index contributed by atoms with van der Waals surface area (Å²) in [5.41, 5.74) is 6.06. The van der Waals surface area contributed by atoms with E-state index in [1.54, 1.807) is 12.1 Å². The topological polar surface area (TPSA) is 78.7 Å². The third kappa shape index (κ3) is 6.99. The highest BCUT2D eigenvalue weighted by Gasteiger charge is 2.24. The van der Waals surface area contributed by atoms with Crippen molar-refractivity contribution in [2.24, 2.45) is 11.7 Å². The van der Waals surface area contributed by atoms with Gasteiger partial charge in [0.1, 0.15) is 5.82 Å². The number of carbonyl (C=O) groups is 2. The van der Waals surface area contributed by atoms with Crippen LogP contribution in [0, 0.1) is 11.7 Å². The van der Waals surface area contributed by atoms with Crippen LogP contribution in [-0.4, -0.2) is 55.5 Å². The summed E-state index contributed by atoms with van der Waals surface area (Å²) in [5.74, 6) is 0.0450. The quantitative estimate of drug-likeness (QED) is 0.697. The van der Waals surface area contributed by atoms with Crippen LogP contribution in [0.2, 0.25) is 0 Å². The first-order chi connectivity index (χ1) is 14.0. The van der Waals surface area contributed by atoms with Gasteiger partial charge in [0, 0.05) is 50.7 Å². The Balaban J connectivity index is 1.30. The first-order valence-corrected chi connectivity index (χ1v) is 10.8. The Hall–Kier alpha value is -2.15. The van der Waals surface area contributed by atoms with E-state index in [9.17, 15) is 14.0 Å². The Morgan fingerprint density at radius 3 is 2.45 bits per heavy atom. The summed E-state index contributed by atoms with van der Waals surface area (Å²) >= 11 is 0. The molecule has 29 heavy (non-hydrogen) atoms. The predicted octanol–water partition coefficient (Wildman–Crippen LogP) is 2.28. The van der Waals surface area contributed by atoms with Gasteiger partial charge in [0.25, 0.3) is 0 Å². The van der Waals surface area contributed by atoms with Crippen LogP contribution >= 0.6 is 0 Å². The number of anilines is 1. The number of hydrogen-bond acceptors (Lipinski definition) is 4. The molecule has 0 bridgehead atoms. The summed E-state index contributed by atoms with van der Waals surface area (Å²) < 4.78 is 13.4. The minimum Gasteiger partial charge on any atom is -0.370 e. The fourth-order valence-corrected chi connectivity index (χ4v) is 4.40. The van der Waals surface area contributed by atoms with Crippen molar-refractivity contribution in [1.82, 2.24) is 10.2 Å². The van der Waals surface area contributed by atoms with Gasteiger partial charge in [0.2, 0.25) is 11.8 Å². The third-order valence-corrected chi connectivity index (χ3v) is 6.21. The zero-order chi connectivity index (χ0) is 20.6. The molecule has 1 saturated carbocycles. The minimum absolute atomic E-state index is 0.0663. The van der Waals surface area contributed by atoms with Crippen LogP contribution < -0.4 is 16.0 Å². The fourth-order valence-electron chi connectivity index (χ4n) is 4.40. The first-order valence-electron chi connectivity index (χ1n) is 10.8. The summed E-state index contributed by atoms with van der Waals surface area (Å²) in [6.07, 6.45) is 5.82. The molecule has 2 fully saturated rings. The second-order valence-corrected chi connectivity index (χ2v) is 8.35. The van der Waals surface area contributed by atoms with Gasteiger partial charge >= 0.3 is 0 Å². The highest BCUT2D eigenvalue weighted by atomic mass is 19.1. The van der Waals surface area contributed by atoms with Crippen molar-refractivity contribution in [3.8, 4) is 0 Å². The molecule has 1 saturated heterocycles. The fraction of sp³-hybridized carbons (Fsp3) is 0.636. The molecule has 1 aromatic carbocycles. The second-order valence-electron chi connectivity index (χ2n) is 8.35. The molecule has 3 rings (SSSR count). The molecule has 1 aliphatic heterocycles. The molecule has 0 atom stereocenters. The van der Waals surface area contributed by atoms with E-state index in [1.165, 1.54) is 12.5 Å². The lowest BCUT2D eigenvalue weighted by atomic mass is 9.84. The molecule has 0 unspecified atom stereocenters. The van der Waals surface area contributed by atoms with E-state index in [0.29, 0.717) is 0 Å². The first kappa shape index (κ1) is 21.6. The number of rotatable bonds is 8. The average Bonchev–Trinajstić information content (AvgIpc) is 2.72. The van der Waals surface area contributed by atoms with E-state index in [4.69, 9.17) is 5.73 Å². The van der Waals surface area contributed by atoms with Crippen LogP contribution in [0.4, 0.5) is 10.1 Å². The number of nitrogens with zero attached hydrogens (tertiary/aromatic N) is 2. The zero-order valence-electron chi connectivity index (χ0n) is 17.1. The van der Waals surface area contributed by atoms with Gasteiger partial charge in [-0.05, 0) is 62.8 Å². The molecule has 2 aliphatic rings. The molecule has 3 N–H and O–H groups in total. The minimum atomic E-state index is -0.430. The standard InChI is InChI=1S/C22H33FN4O2/c23-18-2-1-3-20(16-18)27-14-12-26(13-15-27)11-10-17-4-6-19(7-5-17)25-22(29)9-8-21(24)28/h1-3,16-17,19H,4-15H2,(H2,24,28)(H,25,29)/t17-,19-. The van der Waals surface area contributed by atoms with E-state index >= 15 is 0 Å². The lowest BCUT2D eigenvalue weighted by molar-refractivity contribution is -0.125. The number of nitrogens with one attached hydrogen (secondary N) is 1. The molecule has 1 aliphatic carbocycles. The van der Waals surface area contributed by atoms with Crippen LogP contribution in [0.5, 0.6) is 0 Å². The molecular formula is C22H33FN4O2. The smallest absolute Gasteiger partial charge is 0.220 e. The van der Waals surface area contributed by atoms with Crippen LogP contribution in [0.15, 0.2) is 24.3 Å². The maximum Gasteiger partial charge on any atom is 0.220 e. The van der Waals surface area contributed by atoms with E-state index in [2.05, 4.69) is 15.1 Å². The van der Waals surface area contributed by atoms with Crippen LogP contribution in [0.1, 0.15) is 44.9 Å². The van der Waals surface area contributed by atoms with Gasteiger partial charge in [-0.1, -0.05) is 6.07 Å². The number of amides is 2. The van der Waals surface area contributed by atoms with E-state index in [0.717, 1.165) is 70.0 Å². The van der Waals surface area contributed by atoms with Crippen molar-refractivity contribution in [2.75, 3.05) is 37.6 Å². The lowest BCUT2D eigenvalue weighted by Gasteiger charge is -2.37. The molecule has 2 amide bonds. The number of nitrogens with two attached hydrogens (primary N) is 1. The number of piperazine rings is 1. The summed E-state index contributed by atoms with van der Waals surface area (Å²) in [6.45, 7) is 5.02. The Bertz CT molecular complexity index is 683. The number of halogens is 1. The summed E-state index contributed by atoms with van der Waals surface area (Å²) in [6, 6.07) is 7.08. The number of hydrogen-bond donors (Lipinski definition) is 2. The summed E-state index contributed by atoms with van der Waals surface area (Å²) in [4.78, 5) is 27.4. The Morgan fingerprint density at radius 1 is 1.07 bits per heavy atom. The van der Waals surface area contributed by atoms with Gasteiger partial charge in [0.05, 0.1) is 0 Å². The molecule has 1 aromatic rings. The Labute approximate surface area is 172 Å². The van der Waals surface area contributed by atoms with Crippen molar-refractivity contribution < 1.29 is 14.0 Å². The monoisotopic (exact) mass is 404 g/mol. The van der Waals surface area contributed by atoms with Crippen LogP contribution in [0.3, 0.4) is 0 Å². The van der Waals surface area contributed by atoms with Crippen molar-refractivity contribution in [3.05, 3.63) is 30.1 Å². The maximum absolute atomic E-state index is 13.4. The van der Waals surface area contributed by atoms with Crippen LogP contribution in [0.25, 0.3) is 0 Å².